The first kappa shape index (κ1) is 15.5. The standard InChI is InChI=1S/C14H16ClN5S/c1-8(11-4-3-5-21-11)9(7-18-2)13(16)10-6-12(15)20-14(17)19-10/h3-8H,16H2,1-2H3,(H2,17,19,20)/b13-9+,18-7?. The second kappa shape index (κ2) is 6.69. The molecule has 0 aliphatic rings. The van der Waals surface area contributed by atoms with Gasteiger partial charge in [-0.05, 0) is 11.4 Å². The van der Waals surface area contributed by atoms with Gasteiger partial charge in [-0.25, -0.2) is 9.97 Å². The molecule has 2 heterocycles. The van der Waals surface area contributed by atoms with Gasteiger partial charge < -0.3 is 11.5 Å². The summed E-state index contributed by atoms with van der Waals surface area (Å²) in [4.78, 5) is 13.3. The average Bonchev–Trinajstić information content (AvgIpc) is 2.96. The number of nitrogens with zero attached hydrogens (tertiary/aromatic N) is 3. The van der Waals surface area contributed by atoms with E-state index in [4.69, 9.17) is 23.1 Å². The normalized spacial score (nSPS) is 14.2. The van der Waals surface area contributed by atoms with Gasteiger partial charge in [0.1, 0.15) is 5.15 Å². The minimum absolute atomic E-state index is 0.0945. The van der Waals surface area contributed by atoms with Crippen molar-refractivity contribution in [2.24, 2.45) is 10.7 Å². The van der Waals surface area contributed by atoms with Crippen LogP contribution in [0.1, 0.15) is 23.4 Å². The molecule has 0 amide bonds. The predicted molar refractivity (Wildman–Crippen MR) is 89.7 cm³/mol. The number of hydrogen-bond donors (Lipinski definition) is 2. The molecule has 0 spiro atoms. The molecule has 110 valence electrons. The van der Waals surface area contributed by atoms with Crippen LogP contribution in [0.25, 0.3) is 5.70 Å². The minimum Gasteiger partial charge on any atom is -0.397 e. The van der Waals surface area contributed by atoms with Crippen molar-refractivity contribution in [3.63, 3.8) is 0 Å². The van der Waals surface area contributed by atoms with Gasteiger partial charge in [0.25, 0.3) is 0 Å². The van der Waals surface area contributed by atoms with Crippen molar-refractivity contribution in [3.05, 3.63) is 44.9 Å². The molecule has 0 radical (unpaired) electrons. The van der Waals surface area contributed by atoms with Gasteiger partial charge in [0.2, 0.25) is 5.95 Å². The molecule has 0 fully saturated rings. The number of rotatable bonds is 4. The number of allylic oxidation sites excluding steroid dienone is 1. The van der Waals surface area contributed by atoms with Crippen LogP contribution >= 0.6 is 22.9 Å². The summed E-state index contributed by atoms with van der Waals surface area (Å²) in [5.74, 6) is 0.195. The number of nitrogen functional groups attached to an aromatic ring is 1. The summed E-state index contributed by atoms with van der Waals surface area (Å²) in [6.07, 6.45) is 1.74. The first-order valence-electron chi connectivity index (χ1n) is 6.28. The lowest BCUT2D eigenvalue weighted by Crippen LogP contribution is -2.11. The molecule has 0 aromatic carbocycles. The van der Waals surface area contributed by atoms with Crippen LogP contribution in [0.2, 0.25) is 5.15 Å². The summed E-state index contributed by atoms with van der Waals surface area (Å²) < 4.78 is 0. The number of nitrogens with two attached hydrogens (primary N) is 2. The lowest BCUT2D eigenvalue weighted by atomic mass is 9.97. The van der Waals surface area contributed by atoms with E-state index in [0.29, 0.717) is 11.4 Å². The summed E-state index contributed by atoms with van der Waals surface area (Å²) >= 11 is 7.58. The van der Waals surface area contributed by atoms with E-state index in [2.05, 4.69) is 28.0 Å². The second-order valence-corrected chi connectivity index (χ2v) is 5.79. The fourth-order valence-corrected chi connectivity index (χ4v) is 2.96. The van der Waals surface area contributed by atoms with Crippen molar-refractivity contribution in [1.82, 2.24) is 9.97 Å². The third kappa shape index (κ3) is 3.59. The van der Waals surface area contributed by atoms with Gasteiger partial charge in [-0.2, -0.15) is 0 Å². The Morgan fingerprint density at radius 2 is 2.24 bits per heavy atom. The number of thiophene rings is 1. The van der Waals surface area contributed by atoms with Crippen molar-refractivity contribution in [3.8, 4) is 0 Å². The fraction of sp³-hybridized carbons (Fsp3) is 0.214. The summed E-state index contributed by atoms with van der Waals surface area (Å²) in [5, 5.41) is 2.29. The zero-order valence-corrected chi connectivity index (χ0v) is 13.3. The van der Waals surface area contributed by atoms with Gasteiger partial charge >= 0.3 is 0 Å². The monoisotopic (exact) mass is 321 g/mol. The van der Waals surface area contributed by atoms with Gasteiger partial charge in [-0.15, -0.1) is 11.3 Å². The Bertz CT molecular complexity index is 658. The highest BCUT2D eigenvalue weighted by Gasteiger charge is 2.16. The van der Waals surface area contributed by atoms with Crippen LogP contribution in [0, 0.1) is 0 Å². The van der Waals surface area contributed by atoms with E-state index in [1.807, 2.05) is 11.4 Å². The molecule has 1 atom stereocenters. The molecule has 0 saturated carbocycles. The summed E-state index contributed by atoms with van der Waals surface area (Å²) in [6, 6.07) is 5.66. The molecule has 1 unspecified atom stereocenters. The Morgan fingerprint density at radius 3 is 2.81 bits per heavy atom. The third-order valence-electron chi connectivity index (χ3n) is 3.00. The van der Waals surface area contributed by atoms with Crippen LogP contribution in [-0.4, -0.2) is 23.2 Å². The topological polar surface area (TPSA) is 90.2 Å². The first-order chi connectivity index (χ1) is 10.0. The number of anilines is 1. The fourth-order valence-electron chi connectivity index (χ4n) is 1.97. The number of aromatic nitrogens is 2. The van der Waals surface area contributed by atoms with Crippen molar-refractivity contribution >= 4 is 40.8 Å². The Balaban J connectivity index is 2.52. The first-order valence-corrected chi connectivity index (χ1v) is 7.54. The summed E-state index contributed by atoms with van der Waals surface area (Å²) in [7, 11) is 1.70. The Hall–Kier alpha value is -1.92. The Kier molecular flexibility index (Phi) is 4.93. The largest absolute Gasteiger partial charge is 0.397 e. The van der Waals surface area contributed by atoms with E-state index in [0.717, 1.165) is 5.57 Å². The van der Waals surface area contributed by atoms with Crippen molar-refractivity contribution in [1.29, 1.82) is 0 Å². The number of halogens is 1. The van der Waals surface area contributed by atoms with E-state index in [1.165, 1.54) is 4.88 Å². The lowest BCUT2D eigenvalue weighted by Gasteiger charge is -2.14. The molecule has 7 heteroatoms. The van der Waals surface area contributed by atoms with Crippen molar-refractivity contribution < 1.29 is 0 Å². The molecule has 0 aliphatic carbocycles. The van der Waals surface area contributed by atoms with Gasteiger partial charge in [-0.3, -0.25) is 4.99 Å². The molecule has 0 bridgehead atoms. The maximum atomic E-state index is 6.26. The van der Waals surface area contributed by atoms with Gasteiger partial charge in [0, 0.05) is 35.7 Å². The summed E-state index contributed by atoms with van der Waals surface area (Å²) in [5.41, 5.74) is 13.8. The van der Waals surface area contributed by atoms with Crippen molar-refractivity contribution in [2.75, 3.05) is 12.8 Å². The van der Waals surface area contributed by atoms with Gasteiger partial charge in [-0.1, -0.05) is 24.6 Å². The van der Waals surface area contributed by atoms with Crippen LogP contribution in [0.5, 0.6) is 0 Å². The van der Waals surface area contributed by atoms with Crippen LogP contribution in [-0.2, 0) is 0 Å². The van der Waals surface area contributed by atoms with Crippen LogP contribution in [0.3, 0.4) is 0 Å². The van der Waals surface area contributed by atoms with Gasteiger partial charge in [0.05, 0.1) is 11.4 Å². The Labute approximate surface area is 132 Å². The molecule has 2 rings (SSSR count). The van der Waals surface area contributed by atoms with E-state index >= 15 is 0 Å². The molecular weight excluding hydrogens is 306 g/mol. The van der Waals surface area contributed by atoms with Crippen LogP contribution in [0.4, 0.5) is 5.95 Å². The molecule has 0 saturated heterocycles. The second-order valence-electron chi connectivity index (χ2n) is 4.43. The molecule has 2 aromatic rings. The SMILES string of the molecule is CN=C/C(=C(\N)c1cc(Cl)nc(N)n1)C(C)c1cccs1. The van der Waals surface area contributed by atoms with E-state index in [-0.39, 0.29) is 17.0 Å². The molecule has 0 aliphatic heterocycles. The number of hydrogen-bond acceptors (Lipinski definition) is 6. The maximum Gasteiger partial charge on any atom is 0.222 e. The molecular formula is C14H16ClN5S. The smallest absolute Gasteiger partial charge is 0.222 e. The molecule has 5 nitrogen and oxygen atoms in total. The zero-order valence-electron chi connectivity index (χ0n) is 11.7. The highest BCUT2D eigenvalue weighted by molar-refractivity contribution is 7.10. The van der Waals surface area contributed by atoms with E-state index in [9.17, 15) is 0 Å². The summed E-state index contributed by atoms with van der Waals surface area (Å²) in [6.45, 7) is 2.07. The quantitative estimate of drug-likeness (QED) is 0.669. The molecule has 2 aromatic heterocycles. The van der Waals surface area contributed by atoms with Crippen LogP contribution in [0.15, 0.2) is 34.1 Å². The van der Waals surface area contributed by atoms with Gasteiger partial charge in [0.15, 0.2) is 0 Å². The number of aliphatic imine (C=N–C) groups is 1. The Morgan fingerprint density at radius 1 is 1.48 bits per heavy atom. The predicted octanol–water partition coefficient (Wildman–Crippen LogP) is 2.95. The highest BCUT2D eigenvalue weighted by Crippen LogP contribution is 2.30. The zero-order chi connectivity index (χ0) is 15.4. The minimum atomic E-state index is 0.0945. The average molecular weight is 322 g/mol. The van der Waals surface area contributed by atoms with E-state index < -0.39 is 0 Å². The molecule has 4 N–H and O–H groups in total. The van der Waals surface area contributed by atoms with Crippen LogP contribution < -0.4 is 11.5 Å². The van der Waals surface area contributed by atoms with Crippen molar-refractivity contribution in [2.45, 2.75) is 12.8 Å². The highest BCUT2D eigenvalue weighted by atomic mass is 35.5. The maximum absolute atomic E-state index is 6.26. The lowest BCUT2D eigenvalue weighted by molar-refractivity contribution is 0.961. The van der Waals surface area contributed by atoms with E-state index in [1.54, 1.807) is 30.7 Å². The molecule has 21 heavy (non-hydrogen) atoms. The third-order valence-corrected chi connectivity index (χ3v) is 4.25.